The molecule has 106 valence electrons. The molecule has 1 heterocycles. The number of hydrogen-bond donors (Lipinski definition) is 2. The van der Waals surface area contributed by atoms with Crippen molar-refractivity contribution in [2.24, 2.45) is 5.73 Å². The summed E-state index contributed by atoms with van der Waals surface area (Å²) in [7, 11) is 0. The van der Waals surface area contributed by atoms with Crippen molar-refractivity contribution in [1.82, 2.24) is 10.3 Å². The van der Waals surface area contributed by atoms with Crippen LogP contribution in [0.15, 0.2) is 5.51 Å². The van der Waals surface area contributed by atoms with Gasteiger partial charge in [0.1, 0.15) is 4.88 Å². The fraction of sp³-hybridized carbons (Fsp3) is 0.636. The molecular formula is C11H21Cl2N3OS. The Kier molecular flexibility index (Phi) is 11.7. The molecule has 4 nitrogen and oxygen atoms in total. The maximum absolute atomic E-state index is 11.9. The molecule has 0 fully saturated rings. The lowest BCUT2D eigenvalue weighted by Gasteiger charge is -2.15. The van der Waals surface area contributed by atoms with E-state index in [1.54, 1.807) is 5.51 Å². The average molecular weight is 314 g/mol. The summed E-state index contributed by atoms with van der Waals surface area (Å²) in [5.74, 6) is -0.0495. The first-order valence-electron chi connectivity index (χ1n) is 5.60. The van der Waals surface area contributed by atoms with Gasteiger partial charge >= 0.3 is 0 Å². The summed E-state index contributed by atoms with van der Waals surface area (Å²) in [4.78, 5) is 16.6. The van der Waals surface area contributed by atoms with E-state index in [4.69, 9.17) is 5.73 Å². The van der Waals surface area contributed by atoms with Crippen LogP contribution in [0.5, 0.6) is 0 Å². The van der Waals surface area contributed by atoms with Gasteiger partial charge in [0.15, 0.2) is 0 Å². The summed E-state index contributed by atoms with van der Waals surface area (Å²) in [5, 5.41) is 2.95. The van der Waals surface area contributed by atoms with Crippen molar-refractivity contribution in [3.63, 3.8) is 0 Å². The third-order valence-electron chi connectivity index (χ3n) is 2.48. The molecule has 0 aromatic carbocycles. The molecule has 0 radical (unpaired) electrons. The lowest BCUT2D eigenvalue weighted by Crippen LogP contribution is -2.40. The van der Waals surface area contributed by atoms with Gasteiger partial charge in [0.25, 0.3) is 5.91 Å². The second-order valence-corrected chi connectivity index (χ2v) is 4.67. The lowest BCUT2D eigenvalue weighted by atomic mass is 10.1. The minimum atomic E-state index is -0.0495. The number of thiazole rings is 1. The number of carbonyl (C=O) groups is 1. The Morgan fingerprint density at radius 3 is 2.67 bits per heavy atom. The van der Waals surface area contributed by atoms with E-state index in [2.05, 4.69) is 17.2 Å². The molecule has 3 N–H and O–H groups in total. The molecule has 1 atom stereocenters. The standard InChI is InChI=1S/C11H19N3OS.2ClH/c1-3-4-5-9(6-12)14-11(15)10-8(2)13-7-16-10;;/h7,9H,3-6,12H2,1-2H3,(H,14,15);2*1H. The summed E-state index contributed by atoms with van der Waals surface area (Å²) in [6.07, 6.45) is 3.15. The Morgan fingerprint density at radius 2 is 2.22 bits per heavy atom. The first kappa shape index (κ1) is 20.0. The first-order valence-corrected chi connectivity index (χ1v) is 6.48. The number of aryl methyl sites for hydroxylation is 1. The zero-order valence-corrected chi connectivity index (χ0v) is 13.1. The number of nitrogens with two attached hydrogens (primary N) is 1. The molecule has 0 spiro atoms. The van der Waals surface area contributed by atoms with Gasteiger partial charge in [-0.3, -0.25) is 4.79 Å². The fourth-order valence-corrected chi connectivity index (χ4v) is 2.18. The van der Waals surface area contributed by atoms with Crippen molar-refractivity contribution in [2.75, 3.05) is 6.54 Å². The molecule has 1 rings (SSSR count). The van der Waals surface area contributed by atoms with Crippen LogP contribution in [0.2, 0.25) is 0 Å². The van der Waals surface area contributed by atoms with Crippen LogP contribution in [0.3, 0.4) is 0 Å². The molecule has 1 aromatic rings. The van der Waals surface area contributed by atoms with Crippen molar-refractivity contribution in [2.45, 2.75) is 39.2 Å². The quantitative estimate of drug-likeness (QED) is 0.848. The Bertz CT molecular complexity index is 347. The van der Waals surface area contributed by atoms with E-state index in [1.165, 1.54) is 11.3 Å². The van der Waals surface area contributed by atoms with Crippen molar-refractivity contribution in [1.29, 1.82) is 0 Å². The minimum absolute atomic E-state index is 0. The van der Waals surface area contributed by atoms with Crippen LogP contribution in [-0.4, -0.2) is 23.5 Å². The monoisotopic (exact) mass is 313 g/mol. The zero-order chi connectivity index (χ0) is 12.0. The Hall–Kier alpha value is -0.360. The summed E-state index contributed by atoms with van der Waals surface area (Å²) in [5.41, 5.74) is 8.10. The maximum Gasteiger partial charge on any atom is 0.263 e. The van der Waals surface area contributed by atoms with Gasteiger partial charge in [-0.05, 0) is 13.3 Å². The van der Waals surface area contributed by atoms with E-state index in [1.807, 2.05) is 6.92 Å². The van der Waals surface area contributed by atoms with Gasteiger partial charge in [-0.2, -0.15) is 0 Å². The number of halogens is 2. The molecule has 0 bridgehead atoms. The number of carbonyl (C=O) groups excluding carboxylic acids is 1. The number of hydrogen-bond acceptors (Lipinski definition) is 4. The van der Waals surface area contributed by atoms with E-state index in [0.29, 0.717) is 11.4 Å². The van der Waals surface area contributed by atoms with Crippen LogP contribution in [0.25, 0.3) is 0 Å². The second kappa shape index (κ2) is 10.6. The van der Waals surface area contributed by atoms with Crippen molar-refractivity contribution in [3.8, 4) is 0 Å². The van der Waals surface area contributed by atoms with Gasteiger partial charge in [-0.1, -0.05) is 19.8 Å². The van der Waals surface area contributed by atoms with Gasteiger partial charge in [0.05, 0.1) is 11.2 Å². The number of rotatable bonds is 6. The van der Waals surface area contributed by atoms with Crippen LogP contribution < -0.4 is 11.1 Å². The number of nitrogens with one attached hydrogen (secondary N) is 1. The Labute approximate surface area is 125 Å². The van der Waals surface area contributed by atoms with E-state index in [-0.39, 0.29) is 36.8 Å². The van der Waals surface area contributed by atoms with Gasteiger partial charge in [0, 0.05) is 12.6 Å². The molecule has 1 unspecified atom stereocenters. The van der Waals surface area contributed by atoms with Gasteiger partial charge in [-0.15, -0.1) is 36.2 Å². The van der Waals surface area contributed by atoms with Crippen LogP contribution in [0, 0.1) is 6.92 Å². The molecule has 0 aliphatic carbocycles. The molecule has 0 aliphatic heterocycles. The highest BCUT2D eigenvalue weighted by atomic mass is 35.5. The van der Waals surface area contributed by atoms with Gasteiger partial charge < -0.3 is 11.1 Å². The smallest absolute Gasteiger partial charge is 0.263 e. The van der Waals surface area contributed by atoms with Crippen LogP contribution >= 0.6 is 36.2 Å². The number of unbranched alkanes of at least 4 members (excludes halogenated alkanes) is 1. The van der Waals surface area contributed by atoms with E-state index < -0.39 is 0 Å². The summed E-state index contributed by atoms with van der Waals surface area (Å²) >= 11 is 1.37. The summed E-state index contributed by atoms with van der Waals surface area (Å²) in [6.45, 7) is 4.46. The highest BCUT2D eigenvalue weighted by Crippen LogP contribution is 2.12. The zero-order valence-electron chi connectivity index (χ0n) is 10.6. The maximum atomic E-state index is 11.9. The topological polar surface area (TPSA) is 68.0 Å². The van der Waals surface area contributed by atoms with Crippen molar-refractivity contribution in [3.05, 3.63) is 16.1 Å². The molecule has 0 saturated heterocycles. The predicted molar refractivity (Wildman–Crippen MR) is 81.2 cm³/mol. The number of amides is 1. The van der Waals surface area contributed by atoms with Gasteiger partial charge in [-0.25, -0.2) is 4.98 Å². The number of aromatic nitrogens is 1. The van der Waals surface area contributed by atoms with Crippen LogP contribution in [-0.2, 0) is 0 Å². The van der Waals surface area contributed by atoms with E-state index >= 15 is 0 Å². The largest absolute Gasteiger partial charge is 0.347 e. The van der Waals surface area contributed by atoms with E-state index in [0.717, 1.165) is 25.0 Å². The average Bonchev–Trinajstić information content (AvgIpc) is 2.70. The lowest BCUT2D eigenvalue weighted by molar-refractivity contribution is 0.0939. The fourth-order valence-electron chi connectivity index (χ4n) is 1.47. The Morgan fingerprint density at radius 1 is 1.56 bits per heavy atom. The highest BCUT2D eigenvalue weighted by molar-refractivity contribution is 7.11. The molecule has 7 heteroatoms. The SMILES string of the molecule is CCCCC(CN)NC(=O)c1scnc1C.Cl.Cl. The second-order valence-electron chi connectivity index (χ2n) is 3.82. The molecule has 0 aliphatic rings. The normalized spacial score (nSPS) is 11.1. The van der Waals surface area contributed by atoms with Crippen LogP contribution in [0.4, 0.5) is 0 Å². The highest BCUT2D eigenvalue weighted by Gasteiger charge is 2.15. The predicted octanol–water partition coefficient (Wildman–Crippen LogP) is 2.54. The van der Waals surface area contributed by atoms with E-state index in [9.17, 15) is 4.79 Å². The minimum Gasteiger partial charge on any atom is -0.347 e. The molecule has 0 saturated carbocycles. The molecular weight excluding hydrogens is 293 g/mol. The third-order valence-corrected chi connectivity index (χ3v) is 3.40. The van der Waals surface area contributed by atoms with Crippen LogP contribution in [0.1, 0.15) is 41.6 Å². The number of nitrogens with zero attached hydrogens (tertiary/aromatic N) is 1. The molecule has 18 heavy (non-hydrogen) atoms. The third kappa shape index (κ3) is 6.00. The molecule has 1 aromatic heterocycles. The molecule has 1 amide bonds. The van der Waals surface area contributed by atoms with Crippen molar-refractivity contribution < 1.29 is 4.79 Å². The summed E-state index contributed by atoms with van der Waals surface area (Å²) < 4.78 is 0. The first-order chi connectivity index (χ1) is 7.69. The summed E-state index contributed by atoms with van der Waals surface area (Å²) in [6, 6.07) is 0.0777. The van der Waals surface area contributed by atoms with Gasteiger partial charge in [0.2, 0.25) is 0 Å². The Balaban J connectivity index is 0. The van der Waals surface area contributed by atoms with Crippen molar-refractivity contribution >= 4 is 42.1 Å².